The summed E-state index contributed by atoms with van der Waals surface area (Å²) < 4.78 is 16.8. The van der Waals surface area contributed by atoms with Crippen LogP contribution in [0.4, 0.5) is 0 Å². The van der Waals surface area contributed by atoms with E-state index in [1.165, 1.54) is 7.11 Å². The van der Waals surface area contributed by atoms with Crippen LogP contribution in [0.1, 0.15) is 45.3 Å². The van der Waals surface area contributed by atoms with Crippen molar-refractivity contribution >= 4 is 16.9 Å². The number of methoxy groups -OCH3 is 2. The van der Waals surface area contributed by atoms with E-state index in [1.807, 2.05) is 26.0 Å². The number of nitrogens with zero attached hydrogens (tertiary/aromatic N) is 1. The molecule has 2 heterocycles. The van der Waals surface area contributed by atoms with Gasteiger partial charge in [-0.05, 0) is 55.2 Å². The molecule has 0 radical (unpaired) electrons. The van der Waals surface area contributed by atoms with E-state index in [1.54, 1.807) is 30.2 Å². The molecular formula is C24H25NO6. The van der Waals surface area contributed by atoms with Gasteiger partial charge in [0.15, 0.2) is 16.9 Å². The summed E-state index contributed by atoms with van der Waals surface area (Å²) in [6, 6.07) is 8.40. The molecule has 1 unspecified atom stereocenters. The van der Waals surface area contributed by atoms with Crippen molar-refractivity contribution in [1.82, 2.24) is 4.90 Å². The second kappa shape index (κ2) is 8.07. The molecule has 2 aromatic carbocycles. The van der Waals surface area contributed by atoms with Gasteiger partial charge in [0.25, 0.3) is 5.91 Å². The Balaban J connectivity index is 1.99. The average Bonchev–Trinajstić information content (AvgIpc) is 3.04. The highest BCUT2D eigenvalue weighted by Crippen LogP contribution is 2.41. The molecule has 0 spiro atoms. The first kappa shape index (κ1) is 20.9. The monoisotopic (exact) mass is 423 g/mol. The second-order valence-electron chi connectivity index (χ2n) is 7.73. The Labute approximate surface area is 179 Å². The van der Waals surface area contributed by atoms with Crippen molar-refractivity contribution in [1.29, 1.82) is 0 Å². The number of hydrogen-bond acceptors (Lipinski definition) is 6. The first-order valence-corrected chi connectivity index (χ1v) is 10.1. The molecule has 1 atom stereocenters. The number of carbonyl (C=O) groups excluding carboxylic acids is 1. The maximum atomic E-state index is 13.6. The first-order chi connectivity index (χ1) is 14.9. The molecule has 0 saturated carbocycles. The third kappa shape index (κ3) is 3.35. The highest BCUT2D eigenvalue weighted by molar-refractivity contribution is 5.99. The van der Waals surface area contributed by atoms with Crippen molar-refractivity contribution in [3.8, 4) is 11.5 Å². The van der Waals surface area contributed by atoms with Crippen molar-refractivity contribution in [2.45, 2.75) is 26.3 Å². The van der Waals surface area contributed by atoms with E-state index in [4.69, 9.17) is 13.9 Å². The third-order valence-corrected chi connectivity index (χ3v) is 5.68. The quantitative estimate of drug-likeness (QED) is 0.654. The number of benzene rings is 2. The molecule has 3 aromatic rings. The fourth-order valence-electron chi connectivity index (χ4n) is 4.32. The number of rotatable bonds is 6. The lowest BCUT2D eigenvalue weighted by molar-refractivity contribution is 0.0716. The van der Waals surface area contributed by atoms with Gasteiger partial charge in [-0.25, -0.2) is 0 Å². The van der Waals surface area contributed by atoms with Crippen LogP contribution in [0.15, 0.2) is 39.5 Å². The van der Waals surface area contributed by atoms with Crippen LogP contribution in [-0.2, 0) is 0 Å². The molecule has 0 aliphatic carbocycles. The van der Waals surface area contributed by atoms with Gasteiger partial charge in [0.1, 0.15) is 5.58 Å². The molecule has 162 valence electrons. The molecular weight excluding hydrogens is 398 g/mol. The maximum Gasteiger partial charge on any atom is 0.290 e. The van der Waals surface area contributed by atoms with Gasteiger partial charge < -0.3 is 23.9 Å². The van der Waals surface area contributed by atoms with Gasteiger partial charge in [-0.15, -0.1) is 0 Å². The van der Waals surface area contributed by atoms with E-state index in [0.717, 1.165) is 11.1 Å². The standard InChI is InChI=1S/C24H25NO6/c1-13-10-14(2)22-16(11-13)21(27)19-20(15-6-7-17(29-3)18(12-15)30-4)25(8-5-9-26)24(28)23(19)31-22/h6-7,10-12,20,26H,5,8-9H2,1-4H3. The highest BCUT2D eigenvalue weighted by atomic mass is 16.5. The molecule has 1 aliphatic rings. The Bertz CT molecular complexity index is 1230. The van der Waals surface area contributed by atoms with E-state index in [9.17, 15) is 14.7 Å². The molecule has 31 heavy (non-hydrogen) atoms. The molecule has 1 amide bonds. The normalized spacial score (nSPS) is 15.5. The van der Waals surface area contributed by atoms with E-state index < -0.39 is 6.04 Å². The van der Waals surface area contributed by atoms with Crippen molar-refractivity contribution in [2.75, 3.05) is 27.4 Å². The fourth-order valence-corrected chi connectivity index (χ4v) is 4.32. The molecule has 4 rings (SSSR count). The molecule has 0 fully saturated rings. The van der Waals surface area contributed by atoms with Crippen LogP contribution in [-0.4, -0.2) is 43.3 Å². The number of aliphatic hydroxyl groups excluding tert-OH is 1. The minimum Gasteiger partial charge on any atom is -0.493 e. The smallest absolute Gasteiger partial charge is 0.290 e. The third-order valence-electron chi connectivity index (χ3n) is 5.68. The predicted octanol–water partition coefficient (Wildman–Crippen LogP) is 3.35. The Kier molecular flexibility index (Phi) is 5.45. The SMILES string of the molecule is COc1ccc(C2c3c(oc4c(C)cc(C)cc4c3=O)C(=O)N2CCCO)cc1OC. The molecule has 7 heteroatoms. The van der Waals surface area contributed by atoms with Crippen LogP contribution in [0.25, 0.3) is 11.0 Å². The molecule has 0 bridgehead atoms. The number of aliphatic hydroxyl groups is 1. The zero-order chi connectivity index (χ0) is 22.3. The van der Waals surface area contributed by atoms with Crippen molar-refractivity contribution in [3.05, 3.63) is 68.6 Å². The topological polar surface area (TPSA) is 89.2 Å². The predicted molar refractivity (Wildman–Crippen MR) is 116 cm³/mol. The van der Waals surface area contributed by atoms with Crippen molar-refractivity contribution < 1.29 is 23.8 Å². The summed E-state index contributed by atoms with van der Waals surface area (Å²) in [6.45, 7) is 4.00. The van der Waals surface area contributed by atoms with Crippen LogP contribution in [0.3, 0.4) is 0 Å². The van der Waals surface area contributed by atoms with E-state index >= 15 is 0 Å². The van der Waals surface area contributed by atoms with Crippen LogP contribution in [0.5, 0.6) is 11.5 Å². The lowest BCUT2D eigenvalue weighted by Gasteiger charge is -2.25. The van der Waals surface area contributed by atoms with Crippen molar-refractivity contribution in [2.24, 2.45) is 0 Å². The van der Waals surface area contributed by atoms with Crippen molar-refractivity contribution in [3.63, 3.8) is 0 Å². The number of ether oxygens (including phenoxy) is 2. The Hall–Kier alpha value is -3.32. The summed E-state index contributed by atoms with van der Waals surface area (Å²) in [5.41, 5.74) is 2.98. The van der Waals surface area contributed by atoms with Gasteiger partial charge in [0.05, 0.1) is 31.2 Å². The zero-order valence-corrected chi connectivity index (χ0v) is 18.0. The van der Waals surface area contributed by atoms with Gasteiger partial charge in [0.2, 0.25) is 5.76 Å². The summed E-state index contributed by atoms with van der Waals surface area (Å²) in [6.07, 6.45) is 0.384. The Morgan fingerprint density at radius 2 is 1.81 bits per heavy atom. The van der Waals surface area contributed by atoms with Crippen LogP contribution < -0.4 is 14.9 Å². The number of aryl methyl sites for hydroxylation is 2. The highest BCUT2D eigenvalue weighted by Gasteiger charge is 2.42. The maximum absolute atomic E-state index is 13.6. The van der Waals surface area contributed by atoms with Gasteiger partial charge in [-0.1, -0.05) is 12.1 Å². The first-order valence-electron chi connectivity index (χ1n) is 10.1. The van der Waals surface area contributed by atoms with Crippen LogP contribution >= 0.6 is 0 Å². The summed E-state index contributed by atoms with van der Waals surface area (Å²) in [4.78, 5) is 28.5. The minimum absolute atomic E-state index is 0.0576. The average molecular weight is 423 g/mol. The lowest BCUT2D eigenvalue weighted by atomic mass is 9.97. The fraction of sp³-hybridized carbons (Fsp3) is 0.333. The number of hydrogen-bond donors (Lipinski definition) is 1. The van der Waals surface area contributed by atoms with Crippen LogP contribution in [0.2, 0.25) is 0 Å². The van der Waals surface area contributed by atoms with Crippen LogP contribution in [0, 0.1) is 13.8 Å². The molecule has 1 N–H and O–H groups in total. The van der Waals surface area contributed by atoms with Gasteiger partial charge in [-0.2, -0.15) is 0 Å². The molecule has 1 aliphatic heterocycles. The Morgan fingerprint density at radius 3 is 2.48 bits per heavy atom. The number of fused-ring (bicyclic) bond motifs is 2. The van der Waals surface area contributed by atoms with Gasteiger partial charge in [0, 0.05) is 13.2 Å². The zero-order valence-electron chi connectivity index (χ0n) is 18.0. The summed E-state index contributed by atoms with van der Waals surface area (Å²) in [7, 11) is 3.08. The largest absolute Gasteiger partial charge is 0.493 e. The minimum atomic E-state index is -0.643. The summed E-state index contributed by atoms with van der Waals surface area (Å²) >= 11 is 0. The molecule has 1 aromatic heterocycles. The summed E-state index contributed by atoms with van der Waals surface area (Å²) in [5, 5.41) is 9.81. The van der Waals surface area contributed by atoms with E-state index in [-0.39, 0.29) is 30.2 Å². The molecule has 0 saturated heterocycles. The number of amides is 1. The Morgan fingerprint density at radius 1 is 1.06 bits per heavy atom. The van der Waals surface area contributed by atoms with E-state index in [2.05, 4.69) is 0 Å². The van der Waals surface area contributed by atoms with Gasteiger partial charge in [-0.3, -0.25) is 9.59 Å². The summed E-state index contributed by atoms with van der Waals surface area (Å²) in [5.74, 6) is 0.749. The van der Waals surface area contributed by atoms with Gasteiger partial charge >= 0.3 is 0 Å². The molecule has 7 nitrogen and oxygen atoms in total. The van der Waals surface area contributed by atoms with E-state index in [0.29, 0.717) is 40.0 Å². The number of carbonyl (C=O) groups is 1. The second-order valence-corrected chi connectivity index (χ2v) is 7.73. The lowest BCUT2D eigenvalue weighted by Crippen LogP contribution is -2.31.